The predicted octanol–water partition coefficient (Wildman–Crippen LogP) is 5.34. The minimum absolute atomic E-state index is 0.512. The van der Waals surface area contributed by atoms with Crippen molar-refractivity contribution in [2.45, 2.75) is 46.4 Å². The van der Waals surface area contributed by atoms with Crippen LogP contribution in [0.15, 0.2) is 42.5 Å². The quantitative estimate of drug-likeness (QED) is 0.356. The molecule has 182 valence electrons. The first-order valence-corrected chi connectivity index (χ1v) is 12.4. The predicted molar refractivity (Wildman–Crippen MR) is 138 cm³/mol. The van der Waals surface area contributed by atoms with Gasteiger partial charge in [-0.1, -0.05) is 18.2 Å². The lowest BCUT2D eigenvalue weighted by Crippen LogP contribution is -2.29. The molecule has 0 unspecified atom stereocenters. The fourth-order valence-electron chi connectivity index (χ4n) is 5.16. The van der Waals surface area contributed by atoms with Crippen LogP contribution in [-0.4, -0.2) is 28.3 Å². The summed E-state index contributed by atoms with van der Waals surface area (Å²) in [6, 6.07) is 16.2. The molecule has 3 heterocycles. The Labute approximate surface area is 210 Å². The smallest absolute Gasteiger partial charge is 0.165 e. The highest BCUT2D eigenvalue weighted by Crippen LogP contribution is 2.39. The van der Waals surface area contributed by atoms with Crippen molar-refractivity contribution in [1.82, 2.24) is 14.6 Å². The average Bonchev–Trinajstić information content (AvgIpc) is 3.48. The first-order valence-electron chi connectivity index (χ1n) is 12.4. The van der Waals surface area contributed by atoms with Crippen LogP contribution in [0.4, 0.5) is 5.82 Å². The summed E-state index contributed by atoms with van der Waals surface area (Å²) in [5.41, 5.74) is 9.06. The Balaban J connectivity index is 1.52. The number of fused-ring (bicyclic) bond motifs is 2. The Hall–Kier alpha value is -3.89. The molecule has 0 radical (unpaired) electrons. The second-order valence-electron chi connectivity index (χ2n) is 9.86. The topological polar surface area (TPSA) is 75.7 Å². The lowest BCUT2D eigenvalue weighted by Gasteiger charge is -2.27. The third-order valence-corrected chi connectivity index (χ3v) is 7.22. The van der Waals surface area contributed by atoms with E-state index in [0.717, 1.165) is 63.9 Å². The summed E-state index contributed by atoms with van der Waals surface area (Å²) in [6.07, 6.45) is 2.51. The molecule has 1 saturated carbocycles. The number of hydrogen-bond donors (Lipinski definition) is 0. The fourth-order valence-corrected chi connectivity index (χ4v) is 5.16. The van der Waals surface area contributed by atoms with Gasteiger partial charge in [0.1, 0.15) is 11.6 Å². The van der Waals surface area contributed by atoms with Crippen LogP contribution in [0.1, 0.15) is 46.5 Å². The molecule has 6 rings (SSSR count). The second-order valence-corrected chi connectivity index (χ2v) is 9.86. The van der Waals surface area contributed by atoms with E-state index in [1.165, 1.54) is 18.4 Å². The van der Waals surface area contributed by atoms with Crippen molar-refractivity contribution in [1.29, 1.82) is 5.26 Å². The highest BCUT2D eigenvalue weighted by molar-refractivity contribution is 5.83. The number of nitriles is 1. The molecule has 4 aromatic rings. The summed E-state index contributed by atoms with van der Waals surface area (Å²) in [4.78, 5) is 7.53. The summed E-state index contributed by atoms with van der Waals surface area (Å²) in [5.74, 6) is 2.60. The molecule has 1 aliphatic heterocycles. The van der Waals surface area contributed by atoms with E-state index in [-0.39, 0.29) is 0 Å². The van der Waals surface area contributed by atoms with Crippen LogP contribution in [0.5, 0.6) is 5.75 Å². The molecule has 0 saturated heterocycles. The number of rotatable bonds is 7. The molecule has 2 aromatic heterocycles. The number of anilines is 1. The van der Waals surface area contributed by atoms with E-state index in [1.54, 1.807) is 7.11 Å². The largest absolute Gasteiger partial charge is 0.497 e. The van der Waals surface area contributed by atoms with Gasteiger partial charge in [-0.2, -0.15) is 14.9 Å². The van der Waals surface area contributed by atoms with Crippen molar-refractivity contribution in [2.75, 3.05) is 18.6 Å². The highest BCUT2D eigenvalue weighted by atomic mass is 16.5. The zero-order chi connectivity index (χ0) is 24.8. The van der Waals surface area contributed by atoms with Crippen molar-refractivity contribution in [3.8, 4) is 22.9 Å². The Bertz CT molecular complexity index is 1500. The molecule has 0 N–H and O–H groups in total. The standard InChI is InChI=1S/C29H29N5O2/c1-18-12-23(35-3)10-11-24(18)27-19(2)32-34-28(27)31-26-17-36-16-25(26)29(34)33(15-22-8-9-22)14-21-6-4-20(13-30)5-7-21/h4-7,10-12,22H,8-9,14-17H2,1-3H3. The van der Waals surface area contributed by atoms with Crippen LogP contribution in [0.25, 0.3) is 16.8 Å². The Kier molecular flexibility index (Phi) is 5.62. The van der Waals surface area contributed by atoms with Crippen molar-refractivity contribution in [3.63, 3.8) is 0 Å². The van der Waals surface area contributed by atoms with E-state index in [1.807, 2.05) is 34.8 Å². The molecule has 1 aliphatic carbocycles. The first kappa shape index (κ1) is 22.6. The normalized spacial score (nSPS) is 14.6. The van der Waals surface area contributed by atoms with Gasteiger partial charge in [0, 0.05) is 24.2 Å². The van der Waals surface area contributed by atoms with Crippen molar-refractivity contribution < 1.29 is 9.47 Å². The lowest BCUT2D eigenvalue weighted by atomic mass is 10.0. The Morgan fingerprint density at radius 2 is 1.94 bits per heavy atom. The molecule has 2 aliphatic rings. The van der Waals surface area contributed by atoms with Crippen LogP contribution in [0.3, 0.4) is 0 Å². The summed E-state index contributed by atoms with van der Waals surface area (Å²) >= 11 is 0. The summed E-state index contributed by atoms with van der Waals surface area (Å²) in [6.45, 7) is 6.91. The molecule has 0 atom stereocenters. The maximum absolute atomic E-state index is 9.21. The number of aromatic nitrogens is 3. The van der Waals surface area contributed by atoms with Gasteiger partial charge in [-0.15, -0.1) is 0 Å². The van der Waals surface area contributed by atoms with Crippen LogP contribution in [0, 0.1) is 31.1 Å². The van der Waals surface area contributed by atoms with E-state index >= 15 is 0 Å². The fraction of sp³-hybridized carbons (Fsp3) is 0.345. The van der Waals surface area contributed by atoms with Crippen molar-refractivity contribution in [2.24, 2.45) is 5.92 Å². The van der Waals surface area contributed by atoms with Gasteiger partial charge in [0.05, 0.1) is 43.3 Å². The van der Waals surface area contributed by atoms with Crippen LogP contribution in [0.2, 0.25) is 0 Å². The van der Waals surface area contributed by atoms with E-state index in [4.69, 9.17) is 19.6 Å². The zero-order valence-corrected chi connectivity index (χ0v) is 20.9. The summed E-state index contributed by atoms with van der Waals surface area (Å²) < 4.78 is 13.4. The molecule has 7 nitrogen and oxygen atoms in total. The third kappa shape index (κ3) is 3.98. The molecule has 0 bridgehead atoms. The lowest BCUT2D eigenvalue weighted by molar-refractivity contribution is 0.133. The van der Waals surface area contributed by atoms with Gasteiger partial charge in [0.25, 0.3) is 0 Å². The number of ether oxygens (including phenoxy) is 2. The number of methoxy groups -OCH3 is 1. The van der Waals surface area contributed by atoms with Gasteiger partial charge in [-0.25, -0.2) is 4.98 Å². The van der Waals surface area contributed by atoms with Gasteiger partial charge in [-0.3, -0.25) is 0 Å². The van der Waals surface area contributed by atoms with Crippen LogP contribution >= 0.6 is 0 Å². The maximum atomic E-state index is 9.21. The Morgan fingerprint density at radius 1 is 1.14 bits per heavy atom. The van der Waals surface area contributed by atoms with Crippen LogP contribution < -0.4 is 9.64 Å². The molecule has 2 aromatic carbocycles. The first-order chi connectivity index (χ1) is 17.6. The molecule has 0 amide bonds. The van der Waals surface area contributed by atoms with E-state index in [0.29, 0.717) is 24.7 Å². The average molecular weight is 480 g/mol. The van der Waals surface area contributed by atoms with Gasteiger partial charge >= 0.3 is 0 Å². The maximum Gasteiger partial charge on any atom is 0.165 e. The highest BCUT2D eigenvalue weighted by Gasteiger charge is 2.31. The van der Waals surface area contributed by atoms with Gasteiger partial charge in [0.2, 0.25) is 0 Å². The Morgan fingerprint density at radius 3 is 2.64 bits per heavy atom. The summed E-state index contributed by atoms with van der Waals surface area (Å²) in [5, 5.41) is 14.3. The molecule has 1 fully saturated rings. The molecular weight excluding hydrogens is 450 g/mol. The number of hydrogen-bond acceptors (Lipinski definition) is 6. The van der Waals surface area contributed by atoms with Crippen molar-refractivity contribution in [3.05, 3.63) is 76.1 Å². The monoisotopic (exact) mass is 479 g/mol. The van der Waals surface area contributed by atoms with Gasteiger partial charge in [-0.05, 0) is 73.6 Å². The minimum Gasteiger partial charge on any atom is -0.497 e. The summed E-state index contributed by atoms with van der Waals surface area (Å²) in [7, 11) is 1.69. The van der Waals surface area contributed by atoms with E-state index in [2.05, 4.69) is 36.9 Å². The molecular formula is C29H29N5O2. The van der Waals surface area contributed by atoms with Crippen molar-refractivity contribution >= 4 is 11.5 Å². The van der Waals surface area contributed by atoms with E-state index in [9.17, 15) is 5.26 Å². The number of benzene rings is 2. The second kappa shape index (κ2) is 8.96. The minimum atomic E-state index is 0.512. The van der Waals surface area contributed by atoms with Crippen LogP contribution in [-0.2, 0) is 24.5 Å². The molecule has 0 spiro atoms. The SMILES string of the molecule is COc1ccc(-c2c(C)nn3c(N(Cc4ccc(C#N)cc4)CC4CC4)c4c(nc23)COC4)c(C)c1. The zero-order valence-electron chi connectivity index (χ0n) is 20.9. The third-order valence-electron chi connectivity index (χ3n) is 7.22. The van der Waals surface area contributed by atoms with Gasteiger partial charge < -0.3 is 14.4 Å². The number of aryl methyl sites for hydroxylation is 2. The number of nitrogens with zero attached hydrogens (tertiary/aromatic N) is 5. The molecule has 36 heavy (non-hydrogen) atoms. The van der Waals surface area contributed by atoms with E-state index < -0.39 is 0 Å². The molecule has 7 heteroatoms. The van der Waals surface area contributed by atoms with Gasteiger partial charge in [0.15, 0.2) is 5.65 Å².